The van der Waals surface area contributed by atoms with Gasteiger partial charge < -0.3 is 4.90 Å². The number of fused-ring (bicyclic) bond motifs is 1. The predicted octanol–water partition coefficient (Wildman–Crippen LogP) is 2.55. The lowest BCUT2D eigenvalue weighted by Gasteiger charge is -2.36. The van der Waals surface area contributed by atoms with Crippen molar-refractivity contribution in [1.29, 1.82) is 0 Å². The molecular weight excluding hydrogens is 372 g/mol. The monoisotopic (exact) mass is 396 g/mol. The highest BCUT2D eigenvalue weighted by atomic mass is 32.1. The van der Waals surface area contributed by atoms with E-state index in [4.69, 9.17) is 0 Å². The summed E-state index contributed by atoms with van der Waals surface area (Å²) in [5, 5.41) is 11.0. The second kappa shape index (κ2) is 7.89. The fourth-order valence-electron chi connectivity index (χ4n) is 3.46. The summed E-state index contributed by atoms with van der Waals surface area (Å²) in [6, 6.07) is 4.53. The first kappa shape index (κ1) is 18.9. The van der Waals surface area contributed by atoms with Gasteiger partial charge in [0.25, 0.3) is 0 Å². The van der Waals surface area contributed by atoms with Gasteiger partial charge in [0, 0.05) is 49.4 Å². The van der Waals surface area contributed by atoms with Crippen molar-refractivity contribution in [1.82, 2.24) is 30.0 Å². The maximum absolute atomic E-state index is 12.7. The lowest BCUT2D eigenvalue weighted by molar-refractivity contribution is -0.132. The van der Waals surface area contributed by atoms with E-state index in [1.54, 1.807) is 23.7 Å². The Balaban J connectivity index is 1.49. The molecule has 1 aliphatic heterocycles. The number of hydrogen-bond acceptors (Lipinski definition) is 7. The van der Waals surface area contributed by atoms with Crippen LogP contribution in [0.2, 0.25) is 0 Å². The van der Waals surface area contributed by atoms with E-state index in [0.29, 0.717) is 12.5 Å². The Bertz CT molecular complexity index is 993. The van der Waals surface area contributed by atoms with Gasteiger partial charge in [-0.05, 0) is 32.9 Å². The molecule has 28 heavy (non-hydrogen) atoms. The summed E-state index contributed by atoms with van der Waals surface area (Å²) in [5.74, 6) is 0.138. The number of carbonyl (C=O) groups is 1. The molecule has 0 N–H and O–H groups in total. The Hall–Kier alpha value is -2.45. The minimum atomic E-state index is 0.138. The largest absolute Gasteiger partial charge is 0.340 e. The highest BCUT2D eigenvalue weighted by molar-refractivity contribution is 7.14. The van der Waals surface area contributed by atoms with E-state index >= 15 is 0 Å². The van der Waals surface area contributed by atoms with Crippen LogP contribution in [0.4, 0.5) is 0 Å². The molecule has 4 heterocycles. The molecule has 0 aliphatic carbocycles. The van der Waals surface area contributed by atoms with Gasteiger partial charge in [-0.25, -0.2) is 0 Å². The molecule has 0 saturated carbocycles. The summed E-state index contributed by atoms with van der Waals surface area (Å²) in [7, 11) is 0. The third-order valence-electron chi connectivity index (χ3n) is 5.13. The number of amides is 1. The second-order valence-corrected chi connectivity index (χ2v) is 8.59. The molecule has 146 valence electrons. The number of piperazine rings is 1. The minimum Gasteiger partial charge on any atom is -0.340 e. The SMILES string of the molecule is Cc1nnc(-c2cnc3cnc(CC(=O)N4CCN(C(C)C)CC4)cc3c2)s1. The highest BCUT2D eigenvalue weighted by Gasteiger charge is 2.22. The maximum Gasteiger partial charge on any atom is 0.228 e. The topological polar surface area (TPSA) is 75.1 Å². The average molecular weight is 397 g/mol. The molecule has 1 aliphatic rings. The second-order valence-electron chi connectivity index (χ2n) is 7.41. The van der Waals surface area contributed by atoms with Gasteiger partial charge in [0.1, 0.15) is 10.0 Å². The summed E-state index contributed by atoms with van der Waals surface area (Å²) in [6.07, 6.45) is 3.85. The molecule has 1 amide bonds. The van der Waals surface area contributed by atoms with E-state index in [0.717, 1.165) is 58.4 Å². The van der Waals surface area contributed by atoms with Gasteiger partial charge in [-0.3, -0.25) is 19.7 Å². The Labute approximate surface area is 168 Å². The molecule has 3 aromatic rings. The number of rotatable bonds is 4. The number of nitrogens with zero attached hydrogens (tertiary/aromatic N) is 6. The molecule has 1 saturated heterocycles. The van der Waals surface area contributed by atoms with Crippen molar-refractivity contribution >= 4 is 28.1 Å². The van der Waals surface area contributed by atoms with Crippen LogP contribution in [0.3, 0.4) is 0 Å². The van der Waals surface area contributed by atoms with Crippen LogP contribution in [0.1, 0.15) is 24.5 Å². The number of carbonyl (C=O) groups excluding carboxylic acids is 1. The van der Waals surface area contributed by atoms with E-state index in [2.05, 4.69) is 38.9 Å². The fraction of sp³-hybridized carbons (Fsp3) is 0.450. The highest BCUT2D eigenvalue weighted by Crippen LogP contribution is 2.25. The molecule has 0 unspecified atom stereocenters. The Morgan fingerprint density at radius 3 is 2.57 bits per heavy atom. The van der Waals surface area contributed by atoms with E-state index in [9.17, 15) is 4.79 Å². The number of aryl methyl sites for hydroxylation is 1. The quantitative estimate of drug-likeness (QED) is 0.675. The van der Waals surface area contributed by atoms with Gasteiger partial charge >= 0.3 is 0 Å². The van der Waals surface area contributed by atoms with Crippen molar-refractivity contribution in [3.63, 3.8) is 0 Å². The van der Waals surface area contributed by atoms with Crippen LogP contribution in [0, 0.1) is 6.92 Å². The summed E-state index contributed by atoms with van der Waals surface area (Å²) < 4.78 is 0. The smallest absolute Gasteiger partial charge is 0.228 e. The molecule has 0 bridgehead atoms. The van der Waals surface area contributed by atoms with Crippen molar-refractivity contribution in [3.8, 4) is 10.6 Å². The van der Waals surface area contributed by atoms with E-state index < -0.39 is 0 Å². The fourth-order valence-corrected chi connectivity index (χ4v) is 4.13. The third-order valence-corrected chi connectivity index (χ3v) is 6.01. The van der Waals surface area contributed by atoms with E-state index in [1.807, 2.05) is 24.0 Å². The summed E-state index contributed by atoms with van der Waals surface area (Å²) >= 11 is 1.54. The Kier molecular flexibility index (Phi) is 5.32. The Morgan fingerprint density at radius 2 is 1.89 bits per heavy atom. The van der Waals surface area contributed by atoms with Gasteiger partial charge in [-0.15, -0.1) is 10.2 Å². The van der Waals surface area contributed by atoms with Crippen molar-refractivity contribution in [3.05, 3.63) is 35.2 Å². The number of aromatic nitrogens is 4. The van der Waals surface area contributed by atoms with Crippen LogP contribution in [0.5, 0.6) is 0 Å². The zero-order valence-corrected chi connectivity index (χ0v) is 17.2. The first-order valence-corrected chi connectivity index (χ1v) is 10.4. The minimum absolute atomic E-state index is 0.138. The van der Waals surface area contributed by atoms with Crippen LogP contribution < -0.4 is 0 Å². The first-order valence-electron chi connectivity index (χ1n) is 9.56. The van der Waals surface area contributed by atoms with Crippen molar-refractivity contribution in [2.24, 2.45) is 0 Å². The van der Waals surface area contributed by atoms with Crippen LogP contribution >= 0.6 is 11.3 Å². The molecule has 0 radical (unpaired) electrons. The standard InChI is InChI=1S/C20H24N6OS/c1-13(2)25-4-6-26(7-5-25)19(27)10-17-9-15-8-16(11-22-18(15)12-21-17)20-24-23-14(3)28-20/h8-9,11-13H,4-7,10H2,1-3H3. The number of pyridine rings is 2. The first-order chi connectivity index (χ1) is 13.5. The zero-order chi connectivity index (χ0) is 19.7. The maximum atomic E-state index is 12.7. The third kappa shape index (κ3) is 4.02. The molecule has 8 heteroatoms. The molecule has 0 aromatic carbocycles. The predicted molar refractivity (Wildman–Crippen MR) is 110 cm³/mol. The van der Waals surface area contributed by atoms with Crippen LogP contribution in [0.25, 0.3) is 21.5 Å². The number of hydrogen-bond donors (Lipinski definition) is 0. The van der Waals surface area contributed by atoms with Gasteiger partial charge in [-0.2, -0.15) is 0 Å². The van der Waals surface area contributed by atoms with Gasteiger partial charge in [0.15, 0.2) is 0 Å². The zero-order valence-electron chi connectivity index (χ0n) is 16.4. The molecule has 0 atom stereocenters. The average Bonchev–Trinajstić information content (AvgIpc) is 3.14. The summed E-state index contributed by atoms with van der Waals surface area (Å²) in [5.41, 5.74) is 2.52. The Morgan fingerprint density at radius 1 is 1.11 bits per heavy atom. The summed E-state index contributed by atoms with van der Waals surface area (Å²) in [6.45, 7) is 9.76. The van der Waals surface area contributed by atoms with Gasteiger partial charge in [0.05, 0.1) is 23.8 Å². The van der Waals surface area contributed by atoms with Gasteiger partial charge in [0.2, 0.25) is 5.91 Å². The van der Waals surface area contributed by atoms with Crippen molar-refractivity contribution in [2.75, 3.05) is 26.2 Å². The van der Waals surface area contributed by atoms with Crippen molar-refractivity contribution in [2.45, 2.75) is 33.2 Å². The van der Waals surface area contributed by atoms with Gasteiger partial charge in [-0.1, -0.05) is 11.3 Å². The van der Waals surface area contributed by atoms with E-state index in [1.165, 1.54) is 0 Å². The molecule has 0 spiro atoms. The van der Waals surface area contributed by atoms with Crippen LogP contribution in [0.15, 0.2) is 24.5 Å². The van der Waals surface area contributed by atoms with Crippen molar-refractivity contribution < 1.29 is 4.79 Å². The normalized spacial score (nSPS) is 15.5. The molecule has 7 nitrogen and oxygen atoms in total. The van der Waals surface area contributed by atoms with Crippen LogP contribution in [-0.4, -0.2) is 68.1 Å². The molecule has 1 fully saturated rings. The van der Waals surface area contributed by atoms with E-state index in [-0.39, 0.29) is 5.91 Å². The molecular formula is C20H24N6OS. The lowest BCUT2D eigenvalue weighted by Crippen LogP contribution is -2.51. The summed E-state index contributed by atoms with van der Waals surface area (Å²) in [4.78, 5) is 26.0. The molecule has 3 aromatic heterocycles. The molecule has 4 rings (SSSR count). The van der Waals surface area contributed by atoms with Crippen LogP contribution in [-0.2, 0) is 11.2 Å². The lowest BCUT2D eigenvalue weighted by atomic mass is 10.1.